The van der Waals surface area contributed by atoms with Crippen LogP contribution in [0.25, 0.3) is 10.8 Å². The van der Waals surface area contributed by atoms with Gasteiger partial charge < -0.3 is 10.2 Å². The predicted octanol–water partition coefficient (Wildman–Crippen LogP) is 0.816. The van der Waals surface area contributed by atoms with Crippen molar-refractivity contribution in [3.63, 3.8) is 0 Å². The molecule has 2 rings (SSSR count). The van der Waals surface area contributed by atoms with Gasteiger partial charge in [0.25, 0.3) is 0 Å². The van der Waals surface area contributed by atoms with Crippen molar-refractivity contribution in [3.8, 4) is 5.75 Å². The molecule has 96 valence electrons. The van der Waals surface area contributed by atoms with Gasteiger partial charge in [0.1, 0.15) is 5.75 Å². The van der Waals surface area contributed by atoms with Crippen LogP contribution in [0.3, 0.4) is 0 Å². The maximum absolute atomic E-state index is 11.8. The van der Waals surface area contributed by atoms with Crippen molar-refractivity contribution < 1.29 is 18.6 Å². The van der Waals surface area contributed by atoms with Crippen LogP contribution in [0.1, 0.15) is 0 Å². The number of phenolic OH excluding ortho intramolecular Hbond substituents is 1. The van der Waals surface area contributed by atoms with Crippen LogP contribution >= 0.6 is 0 Å². The molecule has 0 heterocycles. The summed E-state index contributed by atoms with van der Waals surface area (Å²) in [4.78, 5) is 0.133. The monoisotopic (exact) mass is 267 g/mol. The van der Waals surface area contributed by atoms with Crippen LogP contribution in [0.4, 0.5) is 0 Å². The van der Waals surface area contributed by atoms with Crippen molar-refractivity contribution >= 4 is 20.8 Å². The van der Waals surface area contributed by atoms with Crippen LogP contribution < -0.4 is 4.72 Å². The summed E-state index contributed by atoms with van der Waals surface area (Å²) < 4.78 is 25.9. The Hall–Kier alpha value is -1.63. The molecule has 0 amide bonds. The Bertz CT molecular complexity index is 667. The van der Waals surface area contributed by atoms with E-state index in [0.29, 0.717) is 0 Å². The Labute approximate surface area is 105 Å². The number of benzene rings is 2. The van der Waals surface area contributed by atoms with Gasteiger partial charge >= 0.3 is 0 Å². The van der Waals surface area contributed by atoms with E-state index in [2.05, 4.69) is 4.72 Å². The van der Waals surface area contributed by atoms with Gasteiger partial charge in [0.15, 0.2) is 0 Å². The molecular weight excluding hydrogens is 254 g/mol. The highest BCUT2D eigenvalue weighted by molar-refractivity contribution is 7.89. The number of nitrogens with one attached hydrogen (secondary N) is 1. The summed E-state index contributed by atoms with van der Waals surface area (Å²) in [5.74, 6) is 0.136. The molecule has 0 aliphatic carbocycles. The largest absolute Gasteiger partial charge is 0.508 e. The van der Waals surface area contributed by atoms with E-state index in [1.165, 1.54) is 18.2 Å². The standard InChI is InChI=1S/C12H13NO4S/c14-6-5-13-18(16,17)12-4-2-9-7-11(15)3-1-10(9)8-12/h1-4,7-8,13-15H,5-6H2. The van der Waals surface area contributed by atoms with Crippen LogP contribution in [0, 0.1) is 0 Å². The number of aliphatic hydroxyl groups is 1. The predicted molar refractivity (Wildman–Crippen MR) is 67.9 cm³/mol. The molecule has 0 aromatic heterocycles. The van der Waals surface area contributed by atoms with E-state index in [1.54, 1.807) is 18.2 Å². The normalized spacial score (nSPS) is 11.8. The molecule has 2 aromatic carbocycles. The Balaban J connectivity index is 2.44. The highest BCUT2D eigenvalue weighted by atomic mass is 32.2. The second-order valence-corrected chi connectivity index (χ2v) is 5.58. The molecule has 0 aliphatic rings. The molecule has 0 radical (unpaired) electrons. The average Bonchev–Trinajstić information content (AvgIpc) is 2.35. The number of hydrogen-bond donors (Lipinski definition) is 3. The van der Waals surface area contributed by atoms with E-state index in [-0.39, 0.29) is 23.8 Å². The van der Waals surface area contributed by atoms with Crippen LogP contribution in [0.15, 0.2) is 41.3 Å². The topological polar surface area (TPSA) is 86.6 Å². The summed E-state index contributed by atoms with van der Waals surface area (Å²) in [7, 11) is -3.60. The lowest BCUT2D eigenvalue weighted by molar-refractivity contribution is 0.301. The fraction of sp³-hybridized carbons (Fsp3) is 0.167. The first-order chi connectivity index (χ1) is 8.53. The maximum atomic E-state index is 11.8. The third-order valence-electron chi connectivity index (χ3n) is 2.51. The van der Waals surface area contributed by atoms with Gasteiger partial charge in [-0.05, 0) is 35.0 Å². The van der Waals surface area contributed by atoms with Gasteiger partial charge in [0.2, 0.25) is 10.0 Å². The number of fused-ring (bicyclic) bond motifs is 1. The lowest BCUT2D eigenvalue weighted by Gasteiger charge is -2.06. The average molecular weight is 267 g/mol. The van der Waals surface area contributed by atoms with Crippen molar-refractivity contribution in [2.24, 2.45) is 0 Å². The minimum absolute atomic E-state index is 0.0179. The lowest BCUT2D eigenvalue weighted by Crippen LogP contribution is -2.26. The third-order valence-corrected chi connectivity index (χ3v) is 3.97. The number of hydrogen-bond acceptors (Lipinski definition) is 4. The minimum atomic E-state index is -3.60. The molecule has 3 N–H and O–H groups in total. The molecule has 2 aromatic rings. The van der Waals surface area contributed by atoms with Crippen molar-refractivity contribution in [2.45, 2.75) is 4.90 Å². The zero-order chi connectivity index (χ0) is 13.2. The van der Waals surface area contributed by atoms with Crippen LogP contribution in [-0.4, -0.2) is 31.8 Å². The van der Waals surface area contributed by atoms with Gasteiger partial charge in [-0.3, -0.25) is 0 Å². The Morgan fingerprint density at radius 1 is 1.06 bits per heavy atom. The summed E-state index contributed by atoms with van der Waals surface area (Å²) in [6, 6.07) is 9.32. The van der Waals surface area contributed by atoms with Gasteiger partial charge in [0, 0.05) is 6.54 Å². The molecule has 5 nitrogen and oxygen atoms in total. The molecular formula is C12H13NO4S. The highest BCUT2D eigenvalue weighted by Gasteiger charge is 2.13. The van der Waals surface area contributed by atoms with Gasteiger partial charge in [-0.25, -0.2) is 13.1 Å². The number of aliphatic hydroxyl groups excluding tert-OH is 1. The summed E-state index contributed by atoms with van der Waals surface area (Å²) in [6.45, 7) is -0.267. The Kier molecular flexibility index (Phi) is 3.51. The molecule has 0 fully saturated rings. The second-order valence-electron chi connectivity index (χ2n) is 3.81. The van der Waals surface area contributed by atoms with E-state index in [9.17, 15) is 13.5 Å². The molecule has 6 heteroatoms. The van der Waals surface area contributed by atoms with Gasteiger partial charge in [0.05, 0.1) is 11.5 Å². The summed E-state index contributed by atoms with van der Waals surface area (Å²) in [6.07, 6.45) is 0. The van der Waals surface area contributed by atoms with Gasteiger partial charge in [-0.2, -0.15) is 0 Å². The fourth-order valence-electron chi connectivity index (χ4n) is 1.64. The van der Waals surface area contributed by atoms with E-state index in [0.717, 1.165) is 10.8 Å². The van der Waals surface area contributed by atoms with Crippen LogP contribution in [0.2, 0.25) is 0 Å². The summed E-state index contributed by atoms with van der Waals surface area (Å²) >= 11 is 0. The molecule has 0 bridgehead atoms. The molecule has 0 saturated carbocycles. The van der Waals surface area contributed by atoms with Crippen molar-refractivity contribution in [3.05, 3.63) is 36.4 Å². The van der Waals surface area contributed by atoms with Gasteiger partial charge in [-0.1, -0.05) is 12.1 Å². The zero-order valence-corrected chi connectivity index (χ0v) is 10.3. The first kappa shape index (κ1) is 12.8. The van der Waals surface area contributed by atoms with Crippen molar-refractivity contribution in [1.29, 1.82) is 0 Å². The van der Waals surface area contributed by atoms with E-state index < -0.39 is 10.0 Å². The first-order valence-electron chi connectivity index (χ1n) is 5.36. The highest BCUT2D eigenvalue weighted by Crippen LogP contribution is 2.22. The molecule has 0 spiro atoms. The van der Waals surface area contributed by atoms with Crippen molar-refractivity contribution in [2.75, 3.05) is 13.2 Å². The smallest absolute Gasteiger partial charge is 0.240 e. The molecule has 0 unspecified atom stereocenters. The van der Waals surface area contributed by atoms with E-state index >= 15 is 0 Å². The summed E-state index contributed by atoms with van der Waals surface area (Å²) in [5.41, 5.74) is 0. The Morgan fingerprint density at radius 3 is 2.44 bits per heavy atom. The molecule has 0 atom stereocenters. The number of aromatic hydroxyl groups is 1. The molecule has 0 aliphatic heterocycles. The number of phenols is 1. The third kappa shape index (κ3) is 2.61. The fourth-order valence-corrected chi connectivity index (χ4v) is 2.70. The Morgan fingerprint density at radius 2 is 1.72 bits per heavy atom. The van der Waals surface area contributed by atoms with E-state index in [4.69, 9.17) is 5.11 Å². The van der Waals surface area contributed by atoms with Crippen LogP contribution in [-0.2, 0) is 10.0 Å². The maximum Gasteiger partial charge on any atom is 0.240 e. The lowest BCUT2D eigenvalue weighted by atomic mass is 10.1. The number of rotatable bonds is 4. The van der Waals surface area contributed by atoms with Gasteiger partial charge in [-0.15, -0.1) is 0 Å². The second kappa shape index (κ2) is 4.93. The van der Waals surface area contributed by atoms with E-state index in [1.807, 2.05) is 0 Å². The van der Waals surface area contributed by atoms with Crippen LogP contribution in [0.5, 0.6) is 5.75 Å². The first-order valence-corrected chi connectivity index (χ1v) is 6.84. The summed E-state index contributed by atoms with van der Waals surface area (Å²) in [5, 5.41) is 19.4. The number of sulfonamides is 1. The molecule has 0 saturated heterocycles. The van der Waals surface area contributed by atoms with Crippen molar-refractivity contribution in [1.82, 2.24) is 4.72 Å². The minimum Gasteiger partial charge on any atom is -0.508 e. The molecule has 18 heavy (non-hydrogen) atoms. The zero-order valence-electron chi connectivity index (χ0n) is 9.50. The SMILES string of the molecule is O=S(=O)(NCCO)c1ccc2cc(O)ccc2c1. The quantitative estimate of drug-likeness (QED) is 0.765.